The van der Waals surface area contributed by atoms with Gasteiger partial charge < -0.3 is 4.74 Å². The summed E-state index contributed by atoms with van der Waals surface area (Å²) >= 11 is 2.97. The first-order valence-corrected chi connectivity index (χ1v) is 6.54. The molecular weight excluding hydrogens is 351 g/mol. The molecule has 0 fully saturated rings. The first kappa shape index (κ1) is 15.5. The Morgan fingerprint density at radius 2 is 2.00 bits per heavy atom. The lowest BCUT2D eigenvalue weighted by molar-refractivity contribution is -0.137. The van der Waals surface area contributed by atoms with Crippen molar-refractivity contribution in [3.8, 4) is 5.75 Å². The summed E-state index contributed by atoms with van der Waals surface area (Å²) in [5.74, 6) is -0.717. The fourth-order valence-corrected chi connectivity index (χ4v) is 2.16. The molecule has 0 N–H and O–H groups in total. The van der Waals surface area contributed by atoms with E-state index < -0.39 is 23.1 Å². The molecule has 3 nitrogen and oxygen atoms in total. The second kappa shape index (κ2) is 5.85. The van der Waals surface area contributed by atoms with E-state index in [2.05, 4.69) is 20.9 Å². The number of aromatic nitrogens is 1. The predicted molar refractivity (Wildman–Crippen MR) is 73.4 cm³/mol. The van der Waals surface area contributed by atoms with E-state index in [0.29, 0.717) is 0 Å². The summed E-state index contributed by atoms with van der Waals surface area (Å²) in [4.78, 5) is 16.2. The Hall–Kier alpha value is -1.89. The SMILES string of the molecule is COc1cccnc1C(=O)c1ccc(Br)cc1C(F)(F)F. The molecule has 0 saturated heterocycles. The lowest BCUT2D eigenvalue weighted by Crippen LogP contribution is -2.15. The molecule has 1 heterocycles. The highest BCUT2D eigenvalue weighted by molar-refractivity contribution is 9.10. The van der Waals surface area contributed by atoms with Crippen LogP contribution in [0.15, 0.2) is 41.0 Å². The normalized spacial score (nSPS) is 11.3. The molecule has 0 saturated carbocycles. The third-order valence-corrected chi connectivity index (χ3v) is 3.23. The number of hydrogen-bond donors (Lipinski definition) is 0. The number of methoxy groups -OCH3 is 1. The molecule has 110 valence electrons. The van der Waals surface area contributed by atoms with Gasteiger partial charge in [-0.2, -0.15) is 13.2 Å². The number of carbonyl (C=O) groups is 1. The molecule has 0 amide bonds. The molecule has 0 spiro atoms. The van der Waals surface area contributed by atoms with Gasteiger partial charge in [0.25, 0.3) is 0 Å². The Morgan fingerprint density at radius 1 is 1.29 bits per heavy atom. The van der Waals surface area contributed by atoms with E-state index in [-0.39, 0.29) is 15.9 Å². The van der Waals surface area contributed by atoms with Gasteiger partial charge in [-0.3, -0.25) is 4.79 Å². The van der Waals surface area contributed by atoms with Crippen molar-refractivity contribution in [2.75, 3.05) is 7.11 Å². The highest BCUT2D eigenvalue weighted by Gasteiger charge is 2.36. The Morgan fingerprint density at radius 3 is 2.62 bits per heavy atom. The summed E-state index contributed by atoms with van der Waals surface area (Å²) in [6.07, 6.45) is -3.32. The van der Waals surface area contributed by atoms with Gasteiger partial charge in [0.1, 0.15) is 5.75 Å². The van der Waals surface area contributed by atoms with E-state index in [9.17, 15) is 18.0 Å². The van der Waals surface area contributed by atoms with Crippen molar-refractivity contribution in [1.29, 1.82) is 0 Å². The van der Waals surface area contributed by atoms with Crippen molar-refractivity contribution in [1.82, 2.24) is 4.98 Å². The van der Waals surface area contributed by atoms with Gasteiger partial charge in [0, 0.05) is 16.2 Å². The Balaban J connectivity index is 2.59. The van der Waals surface area contributed by atoms with Crippen molar-refractivity contribution >= 4 is 21.7 Å². The zero-order valence-corrected chi connectivity index (χ0v) is 12.3. The lowest BCUT2D eigenvalue weighted by atomic mass is 10.0. The van der Waals surface area contributed by atoms with E-state index in [0.717, 1.165) is 12.1 Å². The van der Waals surface area contributed by atoms with Crippen LogP contribution in [0.5, 0.6) is 5.75 Å². The van der Waals surface area contributed by atoms with Crippen LogP contribution in [0.1, 0.15) is 21.6 Å². The molecule has 0 unspecified atom stereocenters. The summed E-state index contributed by atoms with van der Waals surface area (Å²) in [5.41, 5.74) is -1.65. The summed E-state index contributed by atoms with van der Waals surface area (Å²) < 4.78 is 44.4. The van der Waals surface area contributed by atoms with Gasteiger partial charge in [-0.25, -0.2) is 4.98 Å². The van der Waals surface area contributed by atoms with Crippen LogP contribution in [0, 0.1) is 0 Å². The lowest BCUT2D eigenvalue weighted by Gasteiger charge is -2.13. The van der Waals surface area contributed by atoms with E-state index >= 15 is 0 Å². The number of nitrogens with zero attached hydrogens (tertiary/aromatic N) is 1. The summed E-state index contributed by atoms with van der Waals surface area (Å²) in [6.45, 7) is 0. The number of ketones is 1. The van der Waals surface area contributed by atoms with Gasteiger partial charge in [0.2, 0.25) is 5.78 Å². The molecule has 0 radical (unpaired) electrons. The second-order valence-corrected chi connectivity index (χ2v) is 4.99. The zero-order chi connectivity index (χ0) is 15.6. The number of ether oxygens (including phenoxy) is 1. The molecule has 2 rings (SSSR count). The van der Waals surface area contributed by atoms with Gasteiger partial charge in [0.05, 0.1) is 12.7 Å². The standard InChI is InChI=1S/C14H9BrF3NO2/c1-21-11-3-2-6-19-12(11)13(20)9-5-4-8(15)7-10(9)14(16,17)18/h2-7H,1H3. The number of alkyl halides is 3. The molecule has 21 heavy (non-hydrogen) atoms. The smallest absolute Gasteiger partial charge is 0.417 e. The second-order valence-electron chi connectivity index (χ2n) is 4.07. The third-order valence-electron chi connectivity index (χ3n) is 2.74. The number of pyridine rings is 1. The molecule has 0 aliphatic carbocycles. The molecule has 2 aromatic rings. The number of rotatable bonds is 3. The molecule has 1 aromatic carbocycles. The molecule has 0 aliphatic rings. The van der Waals surface area contributed by atoms with Gasteiger partial charge in [-0.15, -0.1) is 0 Å². The maximum absolute atomic E-state index is 13.1. The van der Waals surface area contributed by atoms with Gasteiger partial charge in [-0.05, 0) is 30.3 Å². The molecule has 1 aromatic heterocycles. The van der Waals surface area contributed by atoms with Gasteiger partial charge >= 0.3 is 6.18 Å². The van der Waals surface area contributed by atoms with Crippen molar-refractivity contribution in [3.05, 3.63) is 57.8 Å². The topological polar surface area (TPSA) is 39.2 Å². The minimum atomic E-state index is -4.64. The Bertz CT molecular complexity index is 686. The van der Waals surface area contributed by atoms with Crippen molar-refractivity contribution in [2.45, 2.75) is 6.18 Å². The van der Waals surface area contributed by atoms with Crippen molar-refractivity contribution < 1.29 is 22.7 Å². The van der Waals surface area contributed by atoms with Crippen LogP contribution < -0.4 is 4.74 Å². The average Bonchev–Trinajstić information content (AvgIpc) is 2.45. The molecular formula is C14H9BrF3NO2. The fourth-order valence-electron chi connectivity index (χ4n) is 1.80. The van der Waals surface area contributed by atoms with Gasteiger partial charge in [-0.1, -0.05) is 15.9 Å². The van der Waals surface area contributed by atoms with Crippen LogP contribution in [0.25, 0.3) is 0 Å². The van der Waals surface area contributed by atoms with Crippen molar-refractivity contribution in [3.63, 3.8) is 0 Å². The largest absolute Gasteiger partial charge is 0.494 e. The number of hydrogen-bond acceptors (Lipinski definition) is 3. The molecule has 0 bridgehead atoms. The minimum absolute atomic E-state index is 0.124. The highest BCUT2D eigenvalue weighted by atomic mass is 79.9. The molecule has 7 heteroatoms. The monoisotopic (exact) mass is 359 g/mol. The fraction of sp³-hybridized carbons (Fsp3) is 0.143. The number of carbonyl (C=O) groups excluding carboxylic acids is 1. The van der Waals surface area contributed by atoms with Crippen molar-refractivity contribution in [2.24, 2.45) is 0 Å². The van der Waals surface area contributed by atoms with E-state index in [4.69, 9.17) is 4.74 Å². The van der Waals surface area contributed by atoms with E-state index in [1.54, 1.807) is 0 Å². The third kappa shape index (κ3) is 3.24. The maximum Gasteiger partial charge on any atom is 0.417 e. The summed E-state index contributed by atoms with van der Waals surface area (Å²) in [5, 5.41) is 0. The van der Waals surface area contributed by atoms with Gasteiger partial charge in [0.15, 0.2) is 5.69 Å². The Labute approximate surface area is 126 Å². The van der Waals surface area contributed by atoms with E-state index in [1.165, 1.54) is 31.5 Å². The van der Waals surface area contributed by atoms with Crippen LogP contribution >= 0.6 is 15.9 Å². The zero-order valence-electron chi connectivity index (χ0n) is 10.7. The predicted octanol–water partition coefficient (Wildman–Crippen LogP) is 4.10. The molecule has 0 atom stereocenters. The Kier molecular flexibility index (Phi) is 4.32. The quantitative estimate of drug-likeness (QED) is 0.774. The van der Waals surface area contributed by atoms with E-state index in [1.807, 2.05) is 0 Å². The average molecular weight is 360 g/mol. The van der Waals surface area contributed by atoms with Crippen LogP contribution in [0.2, 0.25) is 0 Å². The van der Waals surface area contributed by atoms with Crippen LogP contribution in [0.4, 0.5) is 13.2 Å². The maximum atomic E-state index is 13.1. The first-order valence-electron chi connectivity index (χ1n) is 5.75. The number of benzene rings is 1. The van der Waals surface area contributed by atoms with Crippen LogP contribution in [-0.2, 0) is 6.18 Å². The summed E-state index contributed by atoms with van der Waals surface area (Å²) in [7, 11) is 1.32. The molecule has 0 aliphatic heterocycles. The first-order chi connectivity index (χ1) is 9.84. The minimum Gasteiger partial charge on any atom is -0.494 e. The summed E-state index contributed by atoms with van der Waals surface area (Å²) in [6, 6.07) is 6.35. The van der Waals surface area contributed by atoms with Crippen LogP contribution in [-0.4, -0.2) is 17.9 Å². The van der Waals surface area contributed by atoms with Crippen LogP contribution in [0.3, 0.4) is 0 Å². The number of halogens is 4. The highest BCUT2D eigenvalue weighted by Crippen LogP contribution is 2.35.